The molecule has 0 aliphatic rings. The van der Waals surface area contributed by atoms with E-state index in [0.29, 0.717) is 23.9 Å². The van der Waals surface area contributed by atoms with Crippen LogP contribution in [0.3, 0.4) is 0 Å². The van der Waals surface area contributed by atoms with Crippen molar-refractivity contribution >= 4 is 5.91 Å². The zero-order chi connectivity index (χ0) is 17.5. The SMILES string of the molecule is CCCNC(=O)c1ccc(-c2cnc(Oc3ccccc3)nc2)cc1. The van der Waals surface area contributed by atoms with Crippen LogP contribution in [0.25, 0.3) is 11.1 Å². The molecule has 0 radical (unpaired) electrons. The van der Waals surface area contributed by atoms with Gasteiger partial charge in [-0.2, -0.15) is 0 Å². The minimum Gasteiger partial charge on any atom is -0.424 e. The van der Waals surface area contributed by atoms with Crippen molar-refractivity contribution in [1.82, 2.24) is 15.3 Å². The Bertz CT molecular complexity index is 816. The summed E-state index contributed by atoms with van der Waals surface area (Å²) in [6.45, 7) is 2.70. The van der Waals surface area contributed by atoms with E-state index in [4.69, 9.17) is 4.74 Å². The van der Waals surface area contributed by atoms with Crippen molar-refractivity contribution in [2.24, 2.45) is 0 Å². The molecule has 0 aliphatic heterocycles. The molecule has 1 N–H and O–H groups in total. The van der Waals surface area contributed by atoms with Crippen molar-refractivity contribution in [2.75, 3.05) is 6.54 Å². The molecule has 3 rings (SSSR count). The molecule has 0 bridgehead atoms. The number of rotatable bonds is 6. The van der Waals surface area contributed by atoms with Crippen molar-refractivity contribution in [3.63, 3.8) is 0 Å². The van der Waals surface area contributed by atoms with Crippen LogP contribution in [0.1, 0.15) is 23.7 Å². The lowest BCUT2D eigenvalue weighted by Gasteiger charge is -2.06. The average Bonchev–Trinajstić information content (AvgIpc) is 2.68. The first-order valence-corrected chi connectivity index (χ1v) is 8.20. The first-order valence-electron chi connectivity index (χ1n) is 8.20. The zero-order valence-corrected chi connectivity index (χ0v) is 14.0. The van der Waals surface area contributed by atoms with Gasteiger partial charge in [0.25, 0.3) is 5.91 Å². The lowest BCUT2D eigenvalue weighted by atomic mass is 10.1. The molecule has 0 aliphatic carbocycles. The monoisotopic (exact) mass is 333 g/mol. The highest BCUT2D eigenvalue weighted by atomic mass is 16.5. The molecule has 1 aromatic heterocycles. The van der Waals surface area contributed by atoms with Crippen LogP contribution in [0.4, 0.5) is 0 Å². The van der Waals surface area contributed by atoms with Gasteiger partial charge >= 0.3 is 6.01 Å². The Kier molecular flexibility index (Phi) is 5.36. The maximum Gasteiger partial charge on any atom is 0.321 e. The molecule has 0 spiro atoms. The second-order valence-electron chi connectivity index (χ2n) is 5.50. The van der Waals surface area contributed by atoms with Crippen LogP contribution in [0.5, 0.6) is 11.8 Å². The summed E-state index contributed by atoms with van der Waals surface area (Å²) in [5.74, 6) is 0.633. The lowest BCUT2D eigenvalue weighted by Crippen LogP contribution is -2.23. The van der Waals surface area contributed by atoms with Crippen LogP contribution in [0, 0.1) is 0 Å². The zero-order valence-electron chi connectivity index (χ0n) is 14.0. The molecule has 1 amide bonds. The largest absolute Gasteiger partial charge is 0.424 e. The molecule has 5 nitrogen and oxygen atoms in total. The number of amides is 1. The van der Waals surface area contributed by atoms with Crippen molar-refractivity contribution in [3.8, 4) is 22.9 Å². The van der Waals surface area contributed by atoms with E-state index in [1.165, 1.54) is 0 Å². The Balaban J connectivity index is 1.68. The molecule has 126 valence electrons. The van der Waals surface area contributed by atoms with E-state index in [2.05, 4.69) is 15.3 Å². The molecular weight excluding hydrogens is 314 g/mol. The minimum atomic E-state index is -0.0590. The molecule has 25 heavy (non-hydrogen) atoms. The molecule has 5 heteroatoms. The van der Waals surface area contributed by atoms with Gasteiger partial charge in [-0.25, -0.2) is 9.97 Å². The summed E-state index contributed by atoms with van der Waals surface area (Å²) >= 11 is 0. The second-order valence-corrected chi connectivity index (χ2v) is 5.50. The van der Waals surface area contributed by atoms with Gasteiger partial charge in [-0.05, 0) is 36.2 Å². The lowest BCUT2D eigenvalue weighted by molar-refractivity contribution is 0.0953. The fourth-order valence-corrected chi connectivity index (χ4v) is 2.27. The Hall–Kier alpha value is -3.21. The summed E-state index contributed by atoms with van der Waals surface area (Å²) in [6.07, 6.45) is 4.33. The van der Waals surface area contributed by atoms with Gasteiger partial charge in [0.1, 0.15) is 5.75 Å². The van der Waals surface area contributed by atoms with Gasteiger partial charge < -0.3 is 10.1 Å². The van der Waals surface area contributed by atoms with Crippen molar-refractivity contribution < 1.29 is 9.53 Å². The van der Waals surface area contributed by atoms with Crippen LogP contribution in [-0.4, -0.2) is 22.4 Å². The van der Waals surface area contributed by atoms with E-state index in [-0.39, 0.29) is 5.91 Å². The van der Waals surface area contributed by atoms with Gasteiger partial charge in [-0.15, -0.1) is 0 Å². The number of benzene rings is 2. The van der Waals surface area contributed by atoms with Crippen molar-refractivity contribution in [2.45, 2.75) is 13.3 Å². The number of hydrogen-bond donors (Lipinski definition) is 1. The summed E-state index contributed by atoms with van der Waals surface area (Å²) in [7, 11) is 0. The number of nitrogens with one attached hydrogen (secondary N) is 1. The number of carbonyl (C=O) groups is 1. The quantitative estimate of drug-likeness (QED) is 0.738. The maximum absolute atomic E-state index is 11.9. The third-order valence-electron chi connectivity index (χ3n) is 3.60. The first-order chi connectivity index (χ1) is 12.3. The van der Waals surface area contributed by atoms with Crippen LogP contribution in [0.15, 0.2) is 67.0 Å². The molecule has 0 atom stereocenters. The fourth-order valence-electron chi connectivity index (χ4n) is 2.27. The van der Waals surface area contributed by atoms with E-state index in [1.54, 1.807) is 24.5 Å². The summed E-state index contributed by atoms with van der Waals surface area (Å²) < 4.78 is 5.58. The maximum atomic E-state index is 11.9. The van der Waals surface area contributed by atoms with Gasteiger partial charge in [0.15, 0.2) is 0 Å². The third kappa shape index (κ3) is 4.41. The normalized spacial score (nSPS) is 10.3. The van der Waals surface area contributed by atoms with Gasteiger partial charge in [-0.1, -0.05) is 37.3 Å². The van der Waals surface area contributed by atoms with Gasteiger partial charge in [0, 0.05) is 30.1 Å². The summed E-state index contributed by atoms with van der Waals surface area (Å²) in [5.41, 5.74) is 2.45. The van der Waals surface area contributed by atoms with Crippen molar-refractivity contribution in [1.29, 1.82) is 0 Å². The third-order valence-corrected chi connectivity index (χ3v) is 3.60. The molecule has 0 unspecified atom stereocenters. The predicted molar refractivity (Wildman–Crippen MR) is 96.6 cm³/mol. The van der Waals surface area contributed by atoms with Gasteiger partial charge in [-0.3, -0.25) is 4.79 Å². The van der Waals surface area contributed by atoms with E-state index in [0.717, 1.165) is 17.5 Å². The predicted octanol–water partition coefficient (Wildman–Crippen LogP) is 4.08. The summed E-state index contributed by atoms with van der Waals surface area (Å²) in [4.78, 5) is 20.4. The average molecular weight is 333 g/mol. The van der Waals surface area contributed by atoms with Crippen LogP contribution in [0.2, 0.25) is 0 Å². The minimum absolute atomic E-state index is 0.0590. The standard InChI is InChI=1S/C20H19N3O2/c1-2-12-21-19(24)16-10-8-15(9-11-16)17-13-22-20(23-14-17)25-18-6-4-3-5-7-18/h3-11,13-14H,2,12H2,1H3,(H,21,24). The van der Waals surface area contributed by atoms with E-state index in [9.17, 15) is 4.79 Å². The van der Waals surface area contributed by atoms with Crippen LogP contribution in [-0.2, 0) is 0 Å². The van der Waals surface area contributed by atoms with Gasteiger partial charge in [0.05, 0.1) is 0 Å². The number of aromatic nitrogens is 2. The van der Waals surface area contributed by atoms with E-state index in [1.807, 2.05) is 49.4 Å². The Morgan fingerprint density at radius 2 is 1.64 bits per heavy atom. The molecule has 0 fully saturated rings. The Labute approximate surface area is 146 Å². The molecular formula is C20H19N3O2. The molecule has 1 heterocycles. The highest BCUT2D eigenvalue weighted by Crippen LogP contribution is 2.21. The van der Waals surface area contributed by atoms with Crippen LogP contribution < -0.4 is 10.1 Å². The number of hydrogen-bond acceptors (Lipinski definition) is 4. The summed E-state index contributed by atoms with van der Waals surface area (Å²) in [5, 5.41) is 2.86. The first kappa shape index (κ1) is 16.6. The highest BCUT2D eigenvalue weighted by molar-refractivity contribution is 5.94. The molecule has 0 saturated carbocycles. The second kappa shape index (κ2) is 8.06. The van der Waals surface area contributed by atoms with Crippen LogP contribution >= 0.6 is 0 Å². The molecule has 0 saturated heterocycles. The number of nitrogens with zero attached hydrogens (tertiary/aromatic N) is 2. The number of para-hydroxylation sites is 1. The topological polar surface area (TPSA) is 64.1 Å². The van der Waals surface area contributed by atoms with E-state index >= 15 is 0 Å². The van der Waals surface area contributed by atoms with Crippen molar-refractivity contribution in [3.05, 3.63) is 72.6 Å². The molecule has 3 aromatic rings. The Morgan fingerprint density at radius 3 is 2.28 bits per heavy atom. The van der Waals surface area contributed by atoms with E-state index < -0.39 is 0 Å². The molecule has 2 aromatic carbocycles. The smallest absolute Gasteiger partial charge is 0.321 e. The summed E-state index contributed by atoms with van der Waals surface area (Å²) in [6, 6.07) is 17.1. The number of carbonyl (C=O) groups excluding carboxylic acids is 1. The highest BCUT2D eigenvalue weighted by Gasteiger charge is 2.06. The van der Waals surface area contributed by atoms with Gasteiger partial charge in [0.2, 0.25) is 0 Å². The number of ether oxygens (including phenoxy) is 1. The Morgan fingerprint density at radius 1 is 0.960 bits per heavy atom. The fraction of sp³-hybridized carbons (Fsp3) is 0.150.